The van der Waals surface area contributed by atoms with Crippen LogP contribution in [0.4, 0.5) is 0 Å². The van der Waals surface area contributed by atoms with Crippen LogP contribution in [0.1, 0.15) is 37.8 Å². The lowest BCUT2D eigenvalue weighted by molar-refractivity contribution is -0.126. The summed E-state index contributed by atoms with van der Waals surface area (Å²) in [7, 11) is -3.46. The van der Waals surface area contributed by atoms with Crippen molar-refractivity contribution < 1.29 is 22.7 Å². The molecule has 2 aromatic carbocycles. The number of benzene rings is 2. The van der Waals surface area contributed by atoms with Crippen LogP contribution in [0, 0.1) is 5.92 Å². The summed E-state index contributed by atoms with van der Waals surface area (Å²) < 4.78 is 38.2. The average molecular weight is 495 g/mol. The first kappa shape index (κ1) is 25.3. The molecule has 0 bridgehead atoms. The molecule has 33 heavy (non-hydrogen) atoms. The number of sulfonamides is 1. The zero-order valence-corrected chi connectivity index (χ0v) is 20.6. The van der Waals surface area contributed by atoms with Crippen molar-refractivity contribution in [1.29, 1.82) is 0 Å². The SMILES string of the molecule is CCOc1ccc(CNC(=O)C2CCN(S(=O)(=O)Cc3cccc(Cl)c3)CC2)cc1OCC. The Morgan fingerprint density at radius 3 is 2.39 bits per heavy atom. The Hall–Kier alpha value is -2.29. The van der Waals surface area contributed by atoms with Gasteiger partial charge in [0.2, 0.25) is 15.9 Å². The standard InChI is InChI=1S/C24H31ClN2O5S/c1-3-31-22-9-8-18(15-23(22)32-4-2)16-26-24(28)20-10-12-27(13-11-20)33(29,30)17-19-6-5-7-21(25)14-19/h5-9,14-15,20H,3-4,10-13,16-17H2,1-2H3,(H,26,28). The summed E-state index contributed by atoms with van der Waals surface area (Å²) in [4.78, 5) is 12.7. The lowest BCUT2D eigenvalue weighted by Crippen LogP contribution is -2.43. The molecule has 1 saturated heterocycles. The highest BCUT2D eigenvalue weighted by Crippen LogP contribution is 2.29. The van der Waals surface area contributed by atoms with Crippen molar-refractivity contribution in [2.45, 2.75) is 39.0 Å². The predicted molar refractivity (Wildman–Crippen MR) is 129 cm³/mol. The van der Waals surface area contributed by atoms with E-state index in [4.69, 9.17) is 21.1 Å². The van der Waals surface area contributed by atoms with Crippen LogP contribution < -0.4 is 14.8 Å². The average Bonchev–Trinajstić information content (AvgIpc) is 2.79. The molecule has 9 heteroatoms. The van der Waals surface area contributed by atoms with E-state index in [0.29, 0.717) is 67.8 Å². The largest absolute Gasteiger partial charge is 0.490 e. The van der Waals surface area contributed by atoms with Gasteiger partial charge in [-0.3, -0.25) is 4.79 Å². The number of carbonyl (C=O) groups is 1. The number of ether oxygens (including phenoxy) is 2. The van der Waals surface area contributed by atoms with E-state index in [-0.39, 0.29) is 17.6 Å². The summed E-state index contributed by atoms with van der Waals surface area (Å²) in [6.07, 6.45) is 0.988. The summed E-state index contributed by atoms with van der Waals surface area (Å²) in [5, 5.41) is 3.48. The molecule has 1 N–H and O–H groups in total. The van der Waals surface area contributed by atoms with Gasteiger partial charge in [0, 0.05) is 30.6 Å². The van der Waals surface area contributed by atoms with Crippen LogP contribution in [-0.4, -0.2) is 44.9 Å². The number of carbonyl (C=O) groups excluding carboxylic acids is 1. The third kappa shape index (κ3) is 7.09. The zero-order valence-electron chi connectivity index (χ0n) is 19.1. The summed E-state index contributed by atoms with van der Waals surface area (Å²) >= 11 is 5.97. The van der Waals surface area contributed by atoms with Gasteiger partial charge in [0.25, 0.3) is 0 Å². The van der Waals surface area contributed by atoms with Crippen LogP contribution in [0.5, 0.6) is 11.5 Å². The van der Waals surface area contributed by atoms with Crippen molar-refractivity contribution in [3.8, 4) is 11.5 Å². The Balaban J connectivity index is 1.51. The van der Waals surface area contributed by atoms with Crippen molar-refractivity contribution in [3.63, 3.8) is 0 Å². The lowest BCUT2D eigenvalue weighted by Gasteiger charge is -2.30. The van der Waals surface area contributed by atoms with Crippen molar-refractivity contribution >= 4 is 27.5 Å². The molecule has 1 fully saturated rings. The van der Waals surface area contributed by atoms with Crippen LogP contribution in [-0.2, 0) is 27.1 Å². The maximum absolute atomic E-state index is 12.8. The first-order valence-electron chi connectivity index (χ1n) is 11.2. The van der Waals surface area contributed by atoms with E-state index in [0.717, 1.165) is 5.56 Å². The molecule has 1 heterocycles. The number of hydrogen-bond acceptors (Lipinski definition) is 5. The molecule has 0 aromatic heterocycles. The highest BCUT2D eigenvalue weighted by molar-refractivity contribution is 7.88. The van der Waals surface area contributed by atoms with Gasteiger partial charge in [-0.25, -0.2) is 12.7 Å². The molecule has 3 rings (SSSR count). The topological polar surface area (TPSA) is 84.9 Å². The molecule has 0 aliphatic carbocycles. The van der Waals surface area contributed by atoms with E-state index < -0.39 is 10.0 Å². The summed E-state index contributed by atoms with van der Waals surface area (Å²) in [5.74, 6) is 0.972. The van der Waals surface area contributed by atoms with Gasteiger partial charge in [0.1, 0.15) is 0 Å². The molecule has 0 radical (unpaired) electrons. The van der Waals surface area contributed by atoms with E-state index in [2.05, 4.69) is 5.32 Å². The summed E-state index contributed by atoms with van der Waals surface area (Å²) in [5.41, 5.74) is 1.57. The molecule has 7 nitrogen and oxygen atoms in total. The monoisotopic (exact) mass is 494 g/mol. The van der Waals surface area contributed by atoms with Gasteiger partial charge >= 0.3 is 0 Å². The van der Waals surface area contributed by atoms with E-state index in [1.807, 2.05) is 32.0 Å². The van der Waals surface area contributed by atoms with Gasteiger partial charge in [0.05, 0.1) is 19.0 Å². The number of nitrogens with zero attached hydrogens (tertiary/aromatic N) is 1. The van der Waals surface area contributed by atoms with Gasteiger partial charge in [-0.05, 0) is 62.1 Å². The predicted octanol–water partition coefficient (Wildman–Crippen LogP) is 4.00. The molecule has 0 unspecified atom stereocenters. The van der Waals surface area contributed by atoms with Gasteiger partial charge in [-0.1, -0.05) is 29.8 Å². The molecule has 0 spiro atoms. The molecule has 0 saturated carbocycles. The maximum atomic E-state index is 12.8. The number of amides is 1. The van der Waals surface area contributed by atoms with Crippen molar-refractivity contribution in [2.24, 2.45) is 5.92 Å². The fourth-order valence-electron chi connectivity index (χ4n) is 3.86. The molecular weight excluding hydrogens is 464 g/mol. The fourth-order valence-corrected chi connectivity index (χ4v) is 5.63. The maximum Gasteiger partial charge on any atom is 0.223 e. The number of piperidine rings is 1. The van der Waals surface area contributed by atoms with Gasteiger partial charge in [0.15, 0.2) is 11.5 Å². The first-order chi connectivity index (χ1) is 15.8. The third-order valence-corrected chi connectivity index (χ3v) is 7.62. The summed E-state index contributed by atoms with van der Waals surface area (Å²) in [6.45, 7) is 5.93. The minimum atomic E-state index is -3.46. The van der Waals surface area contributed by atoms with E-state index in [1.54, 1.807) is 24.3 Å². The van der Waals surface area contributed by atoms with Crippen LogP contribution >= 0.6 is 11.6 Å². The minimum Gasteiger partial charge on any atom is -0.490 e. The Bertz CT molecular complexity index is 1050. The van der Waals surface area contributed by atoms with Crippen molar-refractivity contribution in [1.82, 2.24) is 9.62 Å². The second kappa shape index (κ2) is 11.7. The highest BCUT2D eigenvalue weighted by Gasteiger charge is 2.31. The van der Waals surface area contributed by atoms with Gasteiger partial charge in [-0.2, -0.15) is 0 Å². The van der Waals surface area contributed by atoms with Crippen LogP contribution in [0.2, 0.25) is 5.02 Å². The molecule has 0 atom stereocenters. The van der Waals surface area contributed by atoms with Crippen molar-refractivity contribution in [3.05, 3.63) is 58.6 Å². The van der Waals surface area contributed by atoms with Crippen molar-refractivity contribution in [2.75, 3.05) is 26.3 Å². The Kier molecular flexibility index (Phi) is 9.00. The number of rotatable bonds is 10. The second-order valence-corrected chi connectivity index (χ2v) is 10.3. The zero-order chi connectivity index (χ0) is 23.8. The quantitative estimate of drug-likeness (QED) is 0.539. The number of halogens is 1. The van der Waals surface area contributed by atoms with E-state index in [9.17, 15) is 13.2 Å². The second-order valence-electron chi connectivity index (χ2n) is 7.92. The molecule has 2 aromatic rings. The van der Waals surface area contributed by atoms with E-state index >= 15 is 0 Å². The van der Waals surface area contributed by atoms with Crippen LogP contribution in [0.15, 0.2) is 42.5 Å². The lowest BCUT2D eigenvalue weighted by atomic mass is 9.97. The van der Waals surface area contributed by atoms with E-state index in [1.165, 1.54) is 4.31 Å². The third-order valence-electron chi connectivity index (χ3n) is 5.53. The molecular formula is C24H31ClN2O5S. The van der Waals surface area contributed by atoms with Crippen LogP contribution in [0.25, 0.3) is 0 Å². The van der Waals surface area contributed by atoms with Gasteiger partial charge < -0.3 is 14.8 Å². The molecule has 180 valence electrons. The normalized spacial score (nSPS) is 15.2. The number of hydrogen-bond donors (Lipinski definition) is 1. The smallest absolute Gasteiger partial charge is 0.223 e. The molecule has 1 amide bonds. The number of nitrogens with one attached hydrogen (secondary N) is 1. The van der Waals surface area contributed by atoms with Gasteiger partial charge in [-0.15, -0.1) is 0 Å². The Labute approximate surface area is 201 Å². The Morgan fingerprint density at radius 1 is 1.03 bits per heavy atom. The van der Waals surface area contributed by atoms with Crippen LogP contribution in [0.3, 0.4) is 0 Å². The Morgan fingerprint density at radius 2 is 1.73 bits per heavy atom. The fraction of sp³-hybridized carbons (Fsp3) is 0.458. The molecule has 1 aliphatic heterocycles. The molecule has 1 aliphatic rings. The minimum absolute atomic E-state index is 0.0614. The summed E-state index contributed by atoms with van der Waals surface area (Å²) in [6, 6.07) is 12.5. The first-order valence-corrected chi connectivity index (χ1v) is 13.2. The highest BCUT2D eigenvalue weighted by atomic mass is 35.5.